The summed E-state index contributed by atoms with van der Waals surface area (Å²) in [6.07, 6.45) is 2.47. The third-order valence-electron chi connectivity index (χ3n) is 3.04. The number of aromatic nitrogens is 1. The van der Waals surface area contributed by atoms with Crippen molar-refractivity contribution < 1.29 is 4.74 Å². The van der Waals surface area contributed by atoms with Crippen LogP contribution in [0.2, 0.25) is 0 Å². The third-order valence-corrected chi connectivity index (χ3v) is 4.88. The molecule has 2 unspecified atom stereocenters. The topological polar surface area (TPSA) is 34.2 Å². The summed E-state index contributed by atoms with van der Waals surface area (Å²) in [6.45, 7) is 6.21. The monoisotopic (exact) mass is 286 g/mol. The van der Waals surface area contributed by atoms with Crippen molar-refractivity contribution in [2.75, 3.05) is 24.7 Å². The van der Waals surface area contributed by atoms with E-state index in [-0.39, 0.29) is 0 Å². The predicted molar refractivity (Wildman–Crippen MR) is 79.7 cm³/mol. The number of nitrogens with one attached hydrogen (secondary N) is 1. The van der Waals surface area contributed by atoms with Crippen LogP contribution < -0.4 is 5.32 Å². The molecule has 0 aliphatic carbocycles. The van der Waals surface area contributed by atoms with E-state index >= 15 is 0 Å². The highest BCUT2D eigenvalue weighted by Gasteiger charge is 2.25. The lowest BCUT2D eigenvalue weighted by Crippen LogP contribution is -2.46. The number of aryl methyl sites for hydroxylation is 1. The number of rotatable bonds is 6. The molecule has 2 atom stereocenters. The van der Waals surface area contributed by atoms with Crippen LogP contribution >= 0.6 is 23.1 Å². The molecule has 0 radical (unpaired) electrons. The number of thioether (sulfide) groups is 1. The van der Waals surface area contributed by atoms with Gasteiger partial charge in [-0.3, -0.25) is 0 Å². The first-order valence-corrected chi connectivity index (χ1v) is 8.66. The molecule has 0 amide bonds. The van der Waals surface area contributed by atoms with Gasteiger partial charge in [0.25, 0.3) is 0 Å². The summed E-state index contributed by atoms with van der Waals surface area (Å²) in [5, 5.41) is 6.95. The van der Waals surface area contributed by atoms with Gasteiger partial charge in [-0.1, -0.05) is 6.92 Å². The molecule has 0 bridgehead atoms. The first-order chi connectivity index (χ1) is 8.79. The molecule has 5 heteroatoms. The Morgan fingerprint density at radius 1 is 1.61 bits per heavy atom. The zero-order valence-electron chi connectivity index (χ0n) is 11.1. The molecule has 102 valence electrons. The summed E-state index contributed by atoms with van der Waals surface area (Å²) in [7, 11) is 0. The molecule has 0 spiro atoms. The molecule has 3 nitrogen and oxygen atoms in total. The Bertz CT molecular complexity index is 351. The second-order valence-electron chi connectivity index (χ2n) is 4.61. The van der Waals surface area contributed by atoms with E-state index < -0.39 is 0 Å². The van der Waals surface area contributed by atoms with Crippen molar-refractivity contribution in [3.8, 4) is 0 Å². The number of hydrogen-bond donors (Lipinski definition) is 1. The molecule has 18 heavy (non-hydrogen) atoms. The highest BCUT2D eigenvalue weighted by atomic mass is 32.2. The van der Waals surface area contributed by atoms with Gasteiger partial charge in [0.05, 0.1) is 23.4 Å². The molecule has 1 aromatic heterocycles. The summed E-state index contributed by atoms with van der Waals surface area (Å²) in [6, 6.07) is 0.402. The zero-order valence-corrected chi connectivity index (χ0v) is 12.8. The summed E-state index contributed by atoms with van der Waals surface area (Å²) >= 11 is 3.73. The van der Waals surface area contributed by atoms with E-state index in [2.05, 4.69) is 29.5 Å². The molecule has 1 saturated heterocycles. The van der Waals surface area contributed by atoms with E-state index in [0.717, 1.165) is 42.5 Å². The Labute approximate surface area is 118 Å². The first-order valence-electron chi connectivity index (χ1n) is 6.63. The Morgan fingerprint density at radius 3 is 3.11 bits per heavy atom. The van der Waals surface area contributed by atoms with Crippen LogP contribution in [0, 0.1) is 6.92 Å². The quantitative estimate of drug-likeness (QED) is 0.871. The van der Waals surface area contributed by atoms with Crippen molar-refractivity contribution in [3.05, 3.63) is 16.1 Å². The van der Waals surface area contributed by atoms with Crippen molar-refractivity contribution in [1.82, 2.24) is 10.3 Å². The number of nitrogens with zero attached hydrogens (tertiary/aromatic N) is 1. The average molecular weight is 286 g/mol. The van der Waals surface area contributed by atoms with Gasteiger partial charge in [-0.2, -0.15) is 11.8 Å². The lowest BCUT2D eigenvalue weighted by atomic mass is 10.1. The van der Waals surface area contributed by atoms with E-state index in [0.29, 0.717) is 12.1 Å². The van der Waals surface area contributed by atoms with E-state index in [4.69, 9.17) is 4.74 Å². The van der Waals surface area contributed by atoms with Gasteiger partial charge in [0.15, 0.2) is 0 Å². The second-order valence-corrected chi connectivity index (χ2v) is 6.82. The van der Waals surface area contributed by atoms with E-state index in [1.165, 1.54) is 5.69 Å². The van der Waals surface area contributed by atoms with Gasteiger partial charge >= 0.3 is 0 Å². The molecular weight excluding hydrogens is 264 g/mol. The van der Waals surface area contributed by atoms with E-state index in [1.807, 2.05) is 11.8 Å². The smallest absolute Gasteiger partial charge is 0.0897 e. The van der Waals surface area contributed by atoms with Crippen LogP contribution in [0.15, 0.2) is 5.38 Å². The van der Waals surface area contributed by atoms with Gasteiger partial charge in [-0.25, -0.2) is 4.98 Å². The van der Waals surface area contributed by atoms with Crippen molar-refractivity contribution in [1.29, 1.82) is 0 Å². The molecule has 2 heterocycles. The lowest BCUT2D eigenvalue weighted by Gasteiger charge is -2.30. The van der Waals surface area contributed by atoms with Crippen LogP contribution in [-0.2, 0) is 11.2 Å². The van der Waals surface area contributed by atoms with Crippen molar-refractivity contribution in [2.45, 2.75) is 38.8 Å². The average Bonchev–Trinajstić information content (AvgIpc) is 2.81. The van der Waals surface area contributed by atoms with Gasteiger partial charge in [0, 0.05) is 29.3 Å². The molecule has 2 rings (SSSR count). The van der Waals surface area contributed by atoms with Crippen LogP contribution in [0.25, 0.3) is 0 Å². The Hall–Kier alpha value is -0.100. The molecule has 1 N–H and O–H groups in total. The number of thiazole rings is 1. The maximum atomic E-state index is 5.91. The summed E-state index contributed by atoms with van der Waals surface area (Å²) in [4.78, 5) is 4.57. The fraction of sp³-hybridized carbons (Fsp3) is 0.769. The van der Waals surface area contributed by atoms with E-state index in [9.17, 15) is 0 Å². The molecule has 1 aliphatic heterocycles. The van der Waals surface area contributed by atoms with Crippen LogP contribution in [0.3, 0.4) is 0 Å². The minimum Gasteiger partial charge on any atom is -0.375 e. The molecular formula is C13H22N2OS2. The normalized spacial score (nSPS) is 22.0. The largest absolute Gasteiger partial charge is 0.375 e. The maximum absolute atomic E-state index is 5.91. The standard InChI is InChI=1S/C13H22N2OS2/c1-3-4-14-12(13-9-17-6-5-16-13)7-11-8-18-10(2)15-11/h8,12-14H,3-7,9H2,1-2H3. The second kappa shape index (κ2) is 7.48. The third kappa shape index (κ3) is 4.23. The fourth-order valence-electron chi connectivity index (χ4n) is 2.13. The van der Waals surface area contributed by atoms with Gasteiger partial charge in [-0.05, 0) is 19.9 Å². The van der Waals surface area contributed by atoms with Crippen molar-refractivity contribution in [2.24, 2.45) is 0 Å². The molecule has 0 saturated carbocycles. The van der Waals surface area contributed by atoms with E-state index in [1.54, 1.807) is 11.3 Å². The van der Waals surface area contributed by atoms with Gasteiger partial charge in [0.1, 0.15) is 0 Å². The van der Waals surface area contributed by atoms with Crippen LogP contribution in [-0.4, -0.2) is 41.8 Å². The first kappa shape index (κ1) is 14.3. The van der Waals surface area contributed by atoms with Gasteiger partial charge in [-0.15, -0.1) is 11.3 Å². The molecule has 1 aromatic rings. The minimum atomic E-state index is 0.331. The van der Waals surface area contributed by atoms with Crippen molar-refractivity contribution >= 4 is 23.1 Å². The van der Waals surface area contributed by atoms with Gasteiger partial charge in [0.2, 0.25) is 0 Å². The van der Waals surface area contributed by atoms with Gasteiger partial charge < -0.3 is 10.1 Å². The van der Waals surface area contributed by atoms with Crippen LogP contribution in [0.5, 0.6) is 0 Å². The molecule has 1 aliphatic rings. The van der Waals surface area contributed by atoms with Crippen LogP contribution in [0.4, 0.5) is 0 Å². The summed E-state index contributed by atoms with van der Waals surface area (Å²) < 4.78 is 5.91. The Morgan fingerprint density at radius 2 is 2.50 bits per heavy atom. The minimum absolute atomic E-state index is 0.331. The molecule has 1 fully saturated rings. The van der Waals surface area contributed by atoms with Crippen LogP contribution in [0.1, 0.15) is 24.0 Å². The molecule has 0 aromatic carbocycles. The SMILES string of the molecule is CCCNC(Cc1csc(C)n1)C1CSCCO1. The Kier molecular flexibility index (Phi) is 5.95. The maximum Gasteiger partial charge on any atom is 0.0897 e. The highest BCUT2D eigenvalue weighted by molar-refractivity contribution is 7.99. The number of ether oxygens (including phenoxy) is 1. The predicted octanol–water partition coefficient (Wildman–Crippen LogP) is 2.49. The summed E-state index contributed by atoms with van der Waals surface area (Å²) in [5.74, 6) is 2.23. The van der Waals surface area contributed by atoms with Crippen molar-refractivity contribution in [3.63, 3.8) is 0 Å². The fourth-order valence-corrected chi connectivity index (χ4v) is 3.70. The zero-order chi connectivity index (χ0) is 12.8. The summed E-state index contributed by atoms with van der Waals surface area (Å²) in [5.41, 5.74) is 1.20. The Balaban J connectivity index is 1.94. The highest BCUT2D eigenvalue weighted by Crippen LogP contribution is 2.19. The lowest BCUT2D eigenvalue weighted by molar-refractivity contribution is 0.0470. The number of hydrogen-bond acceptors (Lipinski definition) is 5.